The van der Waals surface area contributed by atoms with Crippen LogP contribution in [-0.2, 0) is 4.79 Å². The van der Waals surface area contributed by atoms with Gasteiger partial charge in [0, 0.05) is 16.3 Å². The molecule has 0 saturated carbocycles. The molecule has 0 aliphatic heterocycles. The molecule has 0 spiro atoms. The molecule has 3 N–H and O–H groups in total. The van der Waals surface area contributed by atoms with Gasteiger partial charge in [0.05, 0.1) is 0 Å². The fourth-order valence-corrected chi connectivity index (χ4v) is 2.13. The highest BCUT2D eigenvalue weighted by atomic mass is 35.5. The summed E-state index contributed by atoms with van der Waals surface area (Å²) in [5, 5.41) is 3.16. The number of anilines is 1. The summed E-state index contributed by atoms with van der Waals surface area (Å²) in [6.07, 6.45) is 0. The minimum atomic E-state index is -0.814. The maximum absolute atomic E-state index is 13.1. The number of aryl methyl sites for hydroxylation is 1. The first-order chi connectivity index (χ1) is 9.47. The summed E-state index contributed by atoms with van der Waals surface area (Å²) in [6.45, 7) is 1.96. The minimum Gasteiger partial charge on any atom is -0.370 e. The van der Waals surface area contributed by atoms with Gasteiger partial charge in [0.2, 0.25) is 5.91 Å². The van der Waals surface area contributed by atoms with Gasteiger partial charge in [-0.15, -0.1) is 0 Å². The molecule has 0 aliphatic carbocycles. The minimum absolute atomic E-state index is 0.161. The van der Waals surface area contributed by atoms with Crippen LogP contribution >= 0.6 is 11.6 Å². The fraction of sp³-hybridized carbons (Fsp3) is 0.133. The van der Waals surface area contributed by atoms with Gasteiger partial charge in [-0.25, -0.2) is 4.39 Å². The lowest BCUT2D eigenvalue weighted by Crippen LogP contribution is -2.28. The first kappa shape index (κ1) is 14.3. The predicted molar refractivity (Wildman–Crippen MR) is 78.1 cm³/mol. The summed E-state index contributed by atoms with van der Waals surface area (Å²) in [7, 11) is 0. The number of carbonyl (C=O) groups excluding carboxylic acids is 1. The first-order valence-corrected chi connectivity index (χ1v) is 6.42. The highest BCUT2D eigenvalue weighted by Gasteiger charge is 2.20. The number of halogens is 2. The number of primary amides is 1. The molecule has 5 heteroatoms. The monoisotopic (exact) mass is 292 g/mol. The highest BCUT2D eigenvalue weighted by Crippen LogP contribution is 2.27. The lowest BCUT2D eigenvalue weighted by atomic mass is 10.1. The molecule has 0 radical (unpaired) electrons. The molecule has 0 saturated heterocycles. The maximum Gasteiger partial charge on any atom is 0.244 e. The maximum atomic E-state index is 13.1. The summed E-state index contributed by atoms with van der Waals surface area (Å²) < 4.78 is 13.1. The number of amides is 1. The van der Waals surface area contributed by atoms with E-state index in [1.807, 2.05) is 31.2 Å². The third-order valence-electron chi connectivity index (χ3n) is 2.92. The van der Waals surface area contributed by atoms with E-state index >= 15 is 0 Å². The van der Waals surface area contributed by atoms with Crippen molar-refractivity contribution in [2.45, 2.75) is 13.0 Å². The Bertz CT molecular complexity index is 628. The third kappa shape index (κ3) is 3.27. The summed E-state index contributed by atoms with van der Waals surface area (Å²) in [6, 6.07) is 10.5. The number of rotatable bonds is 4. The summed E-state index contributed by atoms with van der Waals surface area (Å²) in [5.74, 6) is -1.05. The number of benzene rings is 2. The van der Waals surface area contributed by atoms with Crippen LogP contribution in [0.25, 0.3) is 0 Å². The number of hydrogen-bond acceptors (Lipinski definition) is 2. The molecule has 0 aliphatic rings. The number of carbonyl (C=O) groups is 1. The van der Waals surface area contributed by atoms with Crippen molar-refractivity contribution >= 4 is 23.2 Å². The zero-order valence-electron chi connectivity index (χ0n) is 10.9. The van der Waals surface area contributed by atoms with Crippen LogP contribution in [0, 0.1) is 12.7 Å². The lowest BCUT2D eigenvalue weighted by Gasteiger charge is -2.18. The van der Waals surface area contributed by atoms with Gasteiger partial charge in [0.25, 0.3) is 0 Å². The Morgan fingerprint density at radius 1 is 1.25 bits per heavy atom. The van der Waals surface area contributed by atoms with E-state index in [-0.39, 0.29) is 5.02 Å². The molecule has 1 amide bonds. The van der Waals surface area contributed by atoms with Gasteiger partial charge in [-0.2, -0.15) is 0 Å². The Morgan fingerprint density at radius 2 is 1.90 bits per heavy atom. The van der Waals surface area contributed by atoms with E-state index < -0.39 is 17.8 Å². The SMILES string of the molecule is Cc1ccc(NC(C(N)=O)c2ccc(F)cc2Cl)cc1. The van der Waals surface area contributed by atoms with Crippen LogP contribution in [0.4, 0.5) is 10.1 Å². The molecular weight excluding hydrogens is 279 g/mol. The van der Waals surface area contributed by atoms with E-state index in [9.17, 15) is 9.18 Å². The molecule has 0 fully saturated rings. The van der Waals surface area contributed by atoms with Gasteiger partial charge in [0.15, 0.2) is 0 Å². The van der Waals surface area contributed by atoms with Crippen LogP contribution < -0.4 is 11.1 Å². The molecule has 0 bridgehead atoms. The van der Waals surface area contributed by atoms with Gasteiger partial charge < -0.3 is 11.1 Å². The van der Waals surface area contributed by atoms with Crippen molar-refractivity contribution in [3.8, 4) is 0 Å². The van der Waals surface area contributed by atoms with E-state index in [4.69, 9.17) is 17.3 Å². The Kier molecular flexibility index (Phi) is 4.25. The second-order valence-corrected chi connectivity index (χ2v) is 4.92. The van der Waals surface area contributed by atoms with E-state index in [2.05, 4.69) is 5.32 Å². The molecule has 0 aromatic heterocycles. The highest BCUT2D eigenvalue weighted by molar-refractivity contribution is 6.31. The molecule has 1 unspecified atom stereocenters. The Balaban J connectivity index is 2.31. The summed E-state index contributed by atoms with van der Waals surface area (Å²) in [4.78, 5) is 11.6. The number of hydrogen-bond donors (Lipinski definition) is 2. The average molecular weight is 293 g/mol. The Labute approximate surface area is 121 Å². The zero-order valence-corrected chi connectivity index (χ0v) is 11.6. The molecule has 2 aromatic carbocycles. The third-order valence-corrected chi connectivity index (χ3v) is 3.25. The van der Waals surface area contributed by atoms with Crippen molar-refractivity contribution in [1.29, 1.82) is 0 Å². The fourth-order valence-electron chi connectivity index (χ4n) is 1.85. The van der Waals surface area contributed by atoms with Gasteiger partial charge in [-0.1, -0.05) is 35.4 Å². The normalized spacial score (nSPS) is 11.9. The molecule has 20 heavy (non-hydrogen) atoms. The number of nitrogens with two attached hydrogens (primary N) is 1. The van der Waals surface area contributed by atoms with Crippen LogP contribution in [0.5, 0.6) is 0 Å². The Hall–Kier alpha value is -2.07. The largest absolute Gasteiger partial charge is 0.370 e. The van der Waals surface area contributed by atoms with Crippen LogP contribution in [0.3, 0.4) is 0 Å². The number of nitrogens with one attached hydrogen (secondary N) is 1. The van der Waals surface area contributed by atoms with Gasteiger partial charge in [-0.3, -0.25) is 4.79 Å². The average Bonchev–Trinajstić information content (AvgIpc) is 2.39. The summed E-state index contributed by atoms with van der Waals surface area (Å²) >= 11 is 5.97. The van der Waals surface area contributed by atoms with E-state index in [0.29, 0.717) is 5.56 Å². The van der Waals surface area contributed by atoms with Gasteiger partial charge in [0.1, 0.15) is 11.9 Å². The standard InChI is InChI=1S/C15H14ClFN2O/c1-9-2-5-11(6-3-9)19-14(15(18)20)12-7-4-10(17)8-13(12)16/h2-8,14,19H,1H3,(H2,18,20). The van der Waals surface area contributed by atoms with Crippen molar-refractivity contribution in [2.75, 3.05) is 5.32 Å². The zero-order chi connectivity index (χ0) is 14.7. The molecule has 2 rings (SSSR count). The lowest BCUT2D eigenvalue weighted by molar-refractivity contribution is -0.118. The van der Waals surface area contributed by atoms with Gasteiger partial charge in [-0.05, 0) is 31.2 Å². The van der Waals surface area contributed by atoms with Crippen molar-refractivity contribution in [1.82, 2.24) is 0 Å². The Morgan fingerprint density at radius 3 is 2.45 bits per heavy atom. The van der Waals surface area contributed by atoms with Crippen LogP contribution in [0.2, 0.25) is 5.02 Å². The smallest absolute Gasteiger partial charge is 0.244 e. The van der Waals surface area contributed by atoms with Crippen LogP contribution in [0.1, 0.15) is 17.2 Å². The molecular formula is C15H14ClFN2O. The molecule has 3 nitrogen and oxygen atoms in total. The molecule has 1 atom stereocenters. The topological polar surface area (TPSA) is 55.1 Å². The van der Waals surface area contributed by atoms with Crippen LogP contribution in [0.15, 0.2) is 42.5 Å². The molecule has 0 heterocycles. The van der Waals surface area contributed by atoms with Crippen molar-refractivity contribution in [2.24, 2.45) is 5.73 Å². The second kappa shape index (κ2) is 5.92. The quantitative estimate of drug-likeness (QED) is 0.907. The van der Waals surface area contributed by atoms with E-state index in [1.54, 1.807) is 0 Å². The van der Waals surface area contributed by atoms with Crippen LogP contribution in [-0.4, -0.2) is 5.91 Å². The van der Waals surface area contributed by atoms with Crippen molar-refractivity contribution in [3.05, 3.63) is 64.4 Å². The van der Waals surface area contributed by atoms with E-state index in [0.717, 1.165) is 17.3 Å². The molecule has 104 valence electrons. The van der Waals surface area contributed by atoms with Crippen molar-refractivity contribution in [3.63, 3.8) is 0 Å². The van der Waals surface area contributed by atoms with Crippen molar-refractivity contribution < 1.29 is 9.18 Å². The van der Waals surface area contributed by atoms with E-state index in [1.165, 1.54) is 12.1 Å². The first-order valence-electron chi connectivity index (χ1n) is 6.05. The van der Waals surface area contributed by atoms with Gasteiger partial charge >= 0.3 is 0 Å². The predicted octanol–water partition coefficient (Wildman–Crippen LogP) is 3.43. The summed E-state index contributed by atoms with van der Waals surface area (Å²) in [5.41, 5.74) is 7.68. The molecule has 2 aromatic rings. The second-order valence-electron chi connectivity index (χ2n) is 4.51.